The van der Waals surface area contributed by atoms with Crippen LogP contribution in [0.5, 0.6) is 0 Å². The van der Waals surface area contributed by atoms with Crippen LogP contribution in [-0.2, 0) is 13.1 Å². The molecule has 0 radical (unpaired) electrons. The Bertz CT molecular complexity index is 910. The normalized spacial score (nSPS) is 11.3. The third kappa shape index (κ3) is 3.65. The Morgan fingerprint density at radius 2 is 2.00 bits per heavy atom. The van der Waals surface area contributed by atoms with Gasteiger partial charge in [-0.1, -0.05) is 34.1 Å². The first-order valence-electron chi connectivity index (χ1n) is 7.13. The van der Waals surface area contributed by atoms with Gasteiger partial charge in [0.1, 0.15) is 11.6 Å². The number of nitrogens with zero attached hydrogens (tertiary/aromatic N) is 2. The summed E-state index contributed by atoms with van der Waals surface area (Å²) in [6, 6.07) is 11.9. The molecule has 0 saturated carbocycles. The number of hydrogen-bond acceptors (Lipinski definition) is 3. The molecule has 2 aromatic carbocycles. The second-order valence-corrected chi connectivity index (χ2v) is 6.29. The number of fused-ring (bicyclic) bond motifs is 1. The number of para-hydroxylation sites is 1. The largest absolute Gasteiger partial charge is 0.309 e. The van der Waals surface area contributed by atoms with Gasteiger partial charge in [0.05, 0.1) is 17.4 Å². The highest BCUT2D eigenvalue weighted by Gasteiger charge is 2.09. The SMILES string of the molecule is CN(Cc1nc2ccccc2c(=O)[nH]1)Cc1ccc(F)cc1Br. The molecule has 1 N–H and O–H groups in total. The Balaban J connectivity index is 1.80. The van der Waals surface area contributed by atoms with Crippen molar-refractivity contribution in [3.05, 3.63) is 74.5 Å². The fraction of sp³-hybridized carbons (Fsp3) is 0.176. The maximum Gasteiger partial charge on any atom is 0.258 e. The summed E-state index contributed by atoms with van der Waals surface area (Å²) in [5, 5.41) is 0.584. The molecule has 1 heterocycles. The lowest BCUT2D eigenvalue weighted by molar-refractivity contribution is 0.310. The summed E-state index contributed by atoms with van der Waals surface area (Å²) in [5.74, 6) is 0.332. The van der Waals surface area contributed by atoms with Gasteiger partial charge in [0.15, 0.2) is 0 Å². The van der Waals surface area contributed by atoms with Crippen LogP contribution in [0, 0.1) is 5.82 Å². The predicted octanol–water partition coefficient (Wildman–Crippen LogP) is 3.46. The van der Waals surface area contributed by atoms with Crippen LogP contribution in [0.15, 0.2) is 51.7 Å². The first kappa shape index (κ1) is 15.8. The van der Waals surface area contributed by atoms with Gasteiger partial charge < -0.3 is 4.98 Å². The fourth-order valence-electron chi connectivity index (χ4n) is 2.46. The fourth-order valence-corrected chi connectivity index (χ4v) is 2.94. The lowest BCUT2D eigenvalue weighted by Crippen LogP contribution is -2.22. The van der Waals surface area contributed by atoms with Gasteiger partial charge in [-0.05, 0) is 36.9 Å². The minimum absolute atomic E-state index is 0.137. The summed E-state index contributed by atoms with van der Waals surface area (Å²) < 4.78 is 13.9. The van der Waals surface area contributed by atoms with Gasteiger partial charge in [0.25, 0.3) is 5.56 Å². The van der Waals surface area contributed by atoms with E-state index in [9.17, 15) is 9.18 Å². The highest BCUT2D eigenvalue weighted by atomic mass is 79.9. The van der Waals surface area contributed by atoms with Gasteiger partial charge in [-0.3, -0.25) is 9.69 Å². The van der Waals surface area contributed by atoms with Crippen LogP contribution in [-0.4, -0.2) is 21.9 Å². The average Bonchev–Trinajstić information content (AvgIpc) is 2.50. The van der Waals surface area contributed by atoms with E-state index in [2.05, 4.69) is 25.9 Å². The second kappa shape index (κ2) is 6.60. The van der Waals surface area contributed by atoms with Crippen LogP contribution >= 0.6 is 15.9 Å². The number of benzene rings is 2. The quantitative estimate of drug-likeness (QED) is 0.759. The molecule has 0 aliphatic heterocycles. The van der Waals surface area contributed by atoms with Crippen LogP contribution in [0.3, 0.4) is 0 Å². The smallest absolute Gasteiger partial charge is 0.258 e. The minimum atomic E-state index is -0.274. The lowest BCUT2D eigenvalue weighted by Gasteiger charge is -2.17. The molecular weight excluding hydrogens is 361 g/mol. The van der Waals surface area contributed by atoms with Crippen molar-refractivity contribution in [1.29, 1.82) is 0 Å². The minimum Gasteiger partial charge on any atom is -0.309 e. The summed E-state index contributed by atoms with van der Waals surface area (Å²) in [4.78, 5) is 21.4. The zero-order chi connectivity index (χ0) is 16.4. The molecule has 0 unspecified atom stereocenters. The van der Waals surface area contributed by atoms with E-state index >= 15 is 0 Å². The van der Waals surface area contributed by atoms with E-state index in [1.54, 1.807) is 12.1 Å². The lowest BCUT2D eigenvalue weighted by atomic mass is 10.2. The number of rotatable bonds is 4. The monoisotopic (exact) mass is 375 g/mol. The number of nitrogens with one attached hydrogen (secondary N) is 1. The van der Waals surface area contributed by atoms with Crippen molar-refractivity contribution in [2.24, 2.45) is 0 Å². The van der Waals surface area contributed by atoms with E-state index in [1.165, 1.54) is 12.1 Å². The third-order valence-electron chi connectivity index (χ3n) is 3.54. The molecule has 0 fully saturated rings. The average molecular weight is 376 g/mol. The molecule has 0 bridgehead atoms. The van der Waals surface area contributed by atoms with Gasteiger partial charge in [-0.15, -0.1) is 0 Å². The van der Waals surface area contributed by atoms with Gasteiger partial charge >= 0.3 is 0 Å². The summed E-state index contributed by atoms with van der Waals surface area (Å²) in [7, 11) is 1.92. The van der Waals surface area contributed by atoms with Crippen LogP contribution in [0.2, 0.25) is 0 Å². The van der Waals surface area contributed by atoms with Crippen LogP contribution < -0.4 is 5.56 Å². The molecule has 0 aliphatic rings. The Morgan fingerprint density at radius 3 is 2.78 bits per heavy atom. The van der Waals surface area contributed by atoms with Crippen molar-refractivity contribution in [3.63, 3.8) is 0 Å². The van der Waals surface area contributed by atoms with Gasteiger partial charge in [0.2, 0.25) is 0 Å². The molecule has 0 spiro atoms. The third-order valence-corrected chi connectivity index (χ3v) is 4.28. The number of halogens is 2. The molecule has 0 saturated heterocycles. The van der Waals surface area contributed by atoms with E-state index in [4.69, 9.17) is 0 Å². The Labute approximate surface area is 141 Å². The van der Waals surface area contributed by atoms with Crippen LogP contribution in [0.4, 0.5) is 4.39 Å². The number of aromatic nitrogens is 2. The Hall–Kier alpha value is -2.05. The first-order valence-corrected chi connectivity index (χ1v) is 7.92. The molecular formula is C17H15BrFN3O. The summed E-state index contributed by atoms with van der Waals surface area (Å²) in [5.41, 5.74) is 1.52. The van der Waals surface area contributed by atoms with E-state index < -0.39 is 0 Å². The zero-order valence-corrected chi connectivity index (χ0v) is 14.1. The molecule has 0 atom stereocenters. The molecule has 4 nitrogen and oxygen atoms in total. The molecule has 3 aromatic rings. The van der Waals surface area contributed by atoms with E-state index in [1.807, 2.05) is 30.1 Å². The topological polar surface area (TPSA) is 49.0 Å². The predicted molar refractivity (Wildman–Crippen MR) is 91.6 cm³/mol. The standard InChI is InChI=1S/C17H15BrFN3O/c1-22(9-11-6-7-12(19)8-14(11)18)10-16-20-15-5-3-2-4-13(15)17(23)21-16/h2-8H,9-10H2,1H3,(H,20,21,23). The number of hydrogen-bond donors (Lipinski definition) is 1. The van der Waals surface area contributed by atoms with Crippen LogP contribution in [0.25, 0.3) is 10.9 Å². The molecule has 6 heteroatoms. The number of H-pyrrole nitrogens is 1. The van der Waals surface area contributed by atoms with E-state index in [0.717, 1.165) is 10.0 Å². The van der Waals surface area contributed by atoms with Crippen molar-refractivity contribution >= 4 is 26.8 Å². The Morgan fingerprint density at radius 1 is 1.22 bits per heavy atom. The van der Waals surface area contributed by atoms with Crippen LogP contribution in [0.1, 0.15) is 11.4 Å². The summed E-state index contributed by atoms with van der Waals surface area (Å²) in [6.07, 6.45) is 0. The summed E-state index contributed by atoms with van der Waals surface area (Å²) in [6.45, 7) is 1.10. The highest BCUT2D eigenvalue weighted by Crippen LogP contribution is 2.19. The maximum absolute atomic E-state index is 13.1. The van der Waals surface area contributed by atoms with Gasteiger partial charge in [-0.2, -0.15) is 0 Å². The molecule has 118 valence electrons. The zero-order valence-electron chi connectivity index (χ0n) is 12.5. The van der Waals surface area contributed by atoms with Crippen molar-refractivity contribution in [3.8, 4) is 0 Å². The molecule has 3 rings (SSSR count). The molecule has 0 aliphatic carbocycles. The van der Waals surface area contributed by atoms with Crippen molar-refractivity contribution < 1.29 is 4.39 Å². The first-order chi connectivity index (χ1) is 11.0. The molecule has 23 heavy (non-hydrogen) atoms. The van der Waals surface area contributed by atoms with Crippen molar-refractivity contribution in [2.45, 2.75) is 13.1 Å². The molecule has 0 amide bonds. The second-order valence-electron chi connectivity index (χ2n) is 5.44. The van der Waals surface area contributed by atoms with E-state index in [0.29, 0.717) is 29.8 Å². The number of aromatic amines is 1. The van der Waals surface area contributed by atoms with Crippen molar-refractivity contribution in [2.75, 3.05) is 7.05 Å². The van der Waals surface area contributed by atoms with Gasteiger partial charge in [0, 0.05) is 11.0 Å². The Kier molecular flexibility index (Phi) is 4.54. The summed E-state index contributed by atoms with van der Waals surface area (Å²) >= 11 is 3.37. The highest BCUT2D eigenvalue weighted by molar-refractivity contribution is 9.10. The van der Waals surface area contributed by atoms with Gasteiger partial charge in [-0.25, -0.2) is 9.37 Å². The van der Waals surface area contributed by atoms with E-state index in [-0.39, 0.29) is 11.4 Å². The van der Waals surface area contributed by atoms with Crippen molar-refractivity contribution in [1.82, 2.24) is 14.9 Å². The molecule has 1 aromatic heterocycles. The maximum atomic E-state index is 13.1.